The van der Waals surface area contributed by atoms with E-state index in [9.17, 15) is 22.4 Å². The second kappa shape index (κ2) is 4.81. The quantitative estimate of drug-likeness (QED) is 0.625. The van der Waals surface area contributed by atoms with E-state index in [0.29, 0.717) is 0 Å². The van der Waals surface area contributed by atoms with Gasteiger partial charge in [0.25, 0.3) is 0 Å². The molecule has 1 amide bonds. The minimum atomic E-state index is -1.73. The van der Waals surface area contributed by atoms with Crippen molar-refractivity contribution in [1.29, 1.82) is 0 Å². The average molecular weight is 266 g/mol. The number of halogens is 4. The molecular weight excluding hydrogens is 256 g/mol. The van der Waals surface area contributed by atoms with Crippen molar-refractivity contribution in [3.8, 4) is 5.75 Å². The summed E-state index contributed by atoms with van der Waals surface area (Å²) in [6.07, 6.45) is 0. The number of carbonyl (C=O) groups excluding carboxylic acids is 1. The highest BCUT2D eigenvalue weighted by molar-refractivity contribution is 5.84. The maximum Gasteiger partial charge on any atom is 0.240 e. The van der Waals surface area contributed by atoms with Crippen LogP contribution in [-0.4, -0.2) is 18.1 Å². The molecule has 0 spiro atoms. The van der Waals surface area contributed by atoms with Crippen molar-refractivity contribution >= 4 is 5.91 Å². The van der Waals surface area contributed by atoms with Gasteiger partial charge in [-0.25, -0.2) is 8.78 Å². The normalized spacial score (nSPS) is 14.1. The van der Waals surface area contributed by atoms with Gasteiger partial charge in [0, 0.05) is 6.07 Å². The number of primary amides is 1. The van der Waals surface area contributed by atoms with Crippen LogP contribution < -0.4 is 16.2 Å². The van der Waals surface area contributed by atoms with Crippen molar-refractivity contribution in [1.82, 2.24) is 0 Å². The lowest BCUT2D eigenvalue weighted by Gasteiger charge is -2.21. The summed E-state index contributed by atoms with van der Waals surface area (Å²) in [7, 11) is 0. The number of rotatable bonds is 4. The van der Waals surface area contributed by atoms with E-state index in [2.05, 4.69) is 4.74 Å². The van der Waals surface area contributed by atoms with Gasteiger partial charge < -0.3 is 16.2 Å². The van der Waals surface area contributed by atoms with Gasteiger partial charge in [-0.15, -0.1) is 0 Å². The molecule has 0 fully saturated rings. The zero-order valence-corrected chi connectivity index (χ0v) is 9.27. The fourth-order valence-corrected chi connectivity index (χ4v) is 0.971. The van der Waals surface area contributed by atoms with Crippen LogP contribution in [0.3, 0.4) is 0 Å². The largest absolute Gasteiger partial charge is 0.485 e. The summed E-state index contributed by atoms with van der Waals surface area (Å²) in [5.41, 5.74) is 8.51. The first kappa shape index (κ1) is 14.2. The summed E-state index contributed by atoms with van der Waals surface area (Å²) < 4.78 is 56.4. The molecule has 0 aliphatic rings. The molecule has 0 aliphatic carbocycles. The van der Waals surface area contributed by atoms with Crippen LogP contribution in [0.2, 0.25) is 0 Å². The molecule has 100 valence electrons. The monoisotopic (exact) mass is 266 g/mol. The van der Waals surface area contributed by atoms with Crippen molar-refractivity contribution in [3.63, 3.8) is 0 Å². The van der Waals surface area contributed by atoms with Gasteiger partial charge in [0.05, 0.1) is 0 Å². The van der Waals surface area contributed by atoms with Gasteiger partial charge in [0.1, 0.15) is 12.1 Å². The Morgan fingerprint density at radius 2 is 1.72 bits per heavy atom. The van der Waals surface area contributed by atoms with Gasteiger partial charge in [-0.3, -0.25) is 4.79 Å². The van der Waals surface area contributed by atoms with Crippen molar-refractivity contribution in [2.75, 3.05) is 6.61 Å². The third kappa shape index (κ3) is 2.70. The number of amides is 1. The SMILES string of the molecule is CC(N)(COc1c(F)c(F)cc(F)c1F)C(N)=O. The Morgan fingerprint density at radius 1 is 1.28 bits per heavy atom. The maximum absolute atomic E-state index is 13.2. The van der Waals surface area contributed by atoms with Crippen LogP contribution in [0.25, 0.3) is 0 Å². The lowest BCUT2D eigenvalue weighted by Crippen LogP contribution is -2.53. The Balaban J connectivity index is 3.02. The van der Waals surface area contributed by atoms with Gasteiger partial charge in [-0.1, -0.05) is 0 Å². The summed E-state index contributed by atoms with van der Waals surface area (Å²) in [5.74, 6) is -8.96. The summed E-state index contributed by atoms with van der Waals surface area (Å²) in [6.45, 7) is 0.403. The van der Waals surface area contributed by atoms with Crippen molar-refractivity contribution < 1.29 is 27.1 Å². The molecule has 1 aromatic rings. The Kier molecular flexibility index (Phi) is 3.80. The molecule has 1 unspecified atom stereocenters. The number of ether oxygens (including phenoxy) is 1. The van der Waals surface area contributed by atoms with Crippen LogP contribution in [0.15, 0.2) is 6.07 Å². The molecule has 8 heteroatoms. The average Bonchev–Trinajstić information content (AvgIpc) is 2.26. The second-order valence-electron chi connectivity index (χ2n) is 3.87. The number of nitrogens with two attached hydrogens (primary N) is 2. The highest BCUT2D eigenvalue weighted by Gasteiger charge is 2.29. The molecule has 0 heterocycles. The molecule has 0 aromatic heterocycles. The molecule has 4 N–H and O–H groups in total. The van der Waals surface area contributed by atoms with Gasteiger partial charge in [-0.05, 0) is 6.92 Å². The molecule has 0 radical (unpaired) electrons. The topological polar surface area (TPSA) is 78.3 Å². The fourth-order valence-electron chi connectivity index (χ4n) is 0.971. The van der Waals surface area contributed by atoms with Crippen LogP contribution in [0.4, 0.5) is 17.6 Å². The molecular formula is C10H10F4N2O2. The molecule has 0 aliphatic heterocycles. The minimum Gasteiger partial charge on any atom is -0.485 e. The summed E-state index contributed by atoms with van der Waals surface area (Å²) in [4.78, 5) is 10.8. The van der Waals surface area contributed by atoms with Crippen molar-refractivity contribution in [2.24, 2.45) is 11.5 Å². The van der Waals surface area contributed by atoms with Gasteiger partial charge >= 0.3 is 0 Å². The van der Waals surface area contributed by atoms with Crippen LogP contribution >= 0.6 is 0 Å². The van der Waals surface area contributed by atoms with Crippen molar-refractivity contribution in [2.45, 2.75) is 12.5 Å². The standard InChI is InChI=1S/C10H10F4N2O2/c1-10(16,9(15)17)3-18-8-6(13)4(11)2-5(12)7(8)14/h2H,3,16H2,1H3,(H2,15,17). The lowest BCUT2D eigenvalue weighted by atomic mass is 10.1. The number of hydrogen-bond acceptors (Lipinski definition) is 3. The maximum atomic E-state index is 13.2. The first-order valence-electron chi connectivity index (χ1n) is 4.71. The van der Waals surface area contributed by atoms with E-state index < -0.39 is 47.1 Å². The first-order valence-corrected chi connectivity index (χ1v) is 4.71. The van der Waals surface area contributed by atoms with Crippen molar-refractivity contribution in [3.05, 3.63) is 29.3 Å². The Hall–Kier alpha value is -1.83. The van der Waals surface area contributed by atoms with E-state index in [1.54, 1.807) is 0 Å². The summed E-state index contributed by atoms with van der Waals surface area (Å²) in [5, 5.41) is 0. The van der Waals surface area contributed by atoms with Crippen LogP contribution in [-0.2, 0) is 4.79 Å². The van der Waals surface area contributed by atoms with E-state index in [0.717, 1.165) is 6.92 Å². The molecule has 0 bridgehead atoms. The third-order valence-corrected chi connectivity index (χ3v) is 2.15. The minimum absolute atomic E-state index is 0.0350. The number of hydrogen-bond donors (Lipinski definition) is 2. The molecule has 1 aromatic carbocycles. The summed E-state index contributed by atoms with van der Waals surface area (Å²) in [6, 6.07) is 0.0350. The predicted octanol–water partition coefficient (Wildman–Crippen LogP) is 0.825. The third-order valence-electron chi connectivity index (χ3n) is 2.15. The molecule has 4 nitrogen and oxygen atoms in total. The Morgan fingerprint density at radius 3 is 2.11 bits per heavy atom. The highest BCUT2D eigenvalue weighted by Crippen LogP contribution is 2.26. The smallest absolute Gasteiger partial charge is 0.240 e. The predicted molar refractivity (Wildman–Crippen MR) is 53.6 cm³/mol. The summed E-state index contributed by atoms with van der Waals surface area (Å²) >= 11 is 0. The van der Waals surface area contributed by atoms with Crippen LogP contribution in [0.1, 0.15) is 6.92 Å². The van der Waals surface area contributed by atoms with Crippen LogP contribution in [0.5, 0.6) is 5.75 Å². The molecule has 0 saturated heterocycles. The van der Waals surface area contributed by atoms with Gasteiger partial charge in [0.2, 0.25) is 17.5 Å². The zero-order valence-electron chi connectivity index (χ0n) is 9.27. The van der Waals surface area contributed by atoms with E-state index in [-0.39, 0.29) is 6.07 Å². The fraction of sp³-hybridized carbons (Fsp3) is 0.300. The Bertz CT molecular complexity index is 465. The molecule has 0 saturated carbocycles. The number of benzene rings is 1. The lowest BCUT2D eigenvalue weighted by molar-refractivity contribution is -0.123. The molecule has 18 heavy (non-hydrogen) atoms. The van der Waals surface area contributed by atoms with Gasteiger partial charge in [-0.2, -0.15) is 8.78 Å². The van der Waals surface area contributed by atoms with E-state index in [1.165, 1.54) is 0 Å². The second-order valence-corrected chi connectivity index (χ2v) is 3.87. The highest BCUT2D eigenvalue weighted by atomic mass is 19.2. The van der Waals surface area contributed by atoms with Crippen LogP contribution in [0, 0.1) is 23.3 Å². The number of carbonyl (C=O) groups is 1. The van der Waals surface area contributed by atoms with Gasteiger partial charge in [0.15, 0.2) is 17.4 Å². The van der Waals surface area contributed by atoms with E-state index in [4.69, 9.17) is 11.5 Å². The first-order chi connectivity index (χ1) is 8.16. The molecule has 1 atom stereocenters. The van der Waals surface area contributed by atoms with E-state index >= 15 is 0 Å². The zero-order chi connectivity index (χ0) is 14.1. The van der Waals surface area contributed by atoms with E-state index in [1.807, 2.05) is 0 Å². The Labute approximate surface area is 99.5 Å². The molecule has 1 rings (SSSR count).